The Bertz CT molecular complexity index is 836. The molecule has 1 aliphatic rings. The summed E-state index contributed by atoms with van der Waals surface area (Å²) in [6.07, 6.45) is 1.89. The molecule has 1 unspecified atom stereocenters. The predicted molar refractivity (Wildman–Crippen MR) is 112 cm³/mol. The molecule has 0 spiro atoms. The molecule has 0 saturated carbocycles. The lowest BCUT2D eigenvalue weighted by molar-refractivity contribution is -0.118. The molecule has 1 atom stereocenters. The second-order valence-corrected chi connectivity index (χ2v) is 7.85. The Morgan fingerprint density at radius 3 is 2.78 bits per heavy atom. The fraction of sp³-hybridized carbons (Fsp3) is 0.333. The molecule has 1 aliphatic heterocycles. The van der Waals surface area contributed by atoms with E-state index in [0.29, 0.717) is 10.9 Å². The van der Waals surface area contributed by atoms with Crippen LogP contribution in [-0.4, -0.2) is 23.4 Å². The molecule has 0 bridgehead atoms. The zero-order valence-corrected chi connectivity index (χ0v) is 16.5. The van der Waals surface area contributed by atoms with Crippen molar-refractivity contribution in [3.8, 4) is 5.75 Å². The lowest BCUT2D eigenvalue weighted by Crippen LogP contribution is -2.28. The maximum Gasteiger partial charge on any atom is 0.262 e. The molecule has 6 heteroatoms. The summed E-state index contributed by atoms with van der Waals surface area (Å²) in [7, 11) is 0. The van der Waals surface area contributed by atoms with Crippen LogP contribution in [0.4, 0.5) is 5.69 Å². The Morgan fingerprint density at radius 1 is 1.30 bits per heavy atom. The molecule has 2 aromatic carbocycles. The van der Waals surface area contributed by atoms with Crippen LogP contribution in [0.3, 0.4) is 0 Å². The van der Waals surface area contributed by atoms with E-state index in [1.807, 2.05) is 48.5 Å². The van der Waals surface area contributed by atoms with Crippen LogP contribution in [0.5, 0.6) is 5.75 Å². The van der Waals surface area contributed by atoms with Gasteiger partial charge in [-0.1, -0.05) is 43.0 Å². The molecule has 5 nitrogen and oxygen atoms in total. The van der Waals surface area contributed by atoms with E-state index in [4.69, 9.17) is 10.5 Å². The second-order valence-electron chi connectivity index (χ2n) is 6.74. The van der Waals surface area contributed by atoms with E-state index in [0.717, 1.165) is 29.8 Å². The number of aliphatic imine (C=N–C) groups is 1. The number of thioether (sulfide) groups is 1. The summed E-state index contributed by atoms with van der Waals surface area (Å²) in [5.41, 5.74) is 8.60. The van der Waals surface area contributed by atoms with Gasteiger partial charge in [0, 0.05) is 11.4 Å². The number of carbonyl (C=O) groups is 1. The number of nitrogens with one attached hydrogen (secondary N) is 1. The maximum absolute atomic E-state index is 12.2. The van der Waals surface area contributed by atoms with Crippen LogP contribution in [0, 0.1) is 0 Å². The quantitative estimate of drug-likeness (QED) is 0.792. The lowest BCUT2D eigenvalue weighted by atomic mass is 9.90. The molecule has 1 amide bonds. The first-order valence-electron chi connectivity index (χ1n) is 9.09. The van der Waals surface area contributed by atoms with Crippen molar-refractivity contribution >= 4 is 28.5 Å². The summed E-state index contributed by atoms with van der Waals surface area (Å²) in [5, 5.41) is 3.46. The molecule has 0 radical (unpaired) electrons. The number of aryl methyl sites for hydroxylation is 1. The van der Waals surface area contributed by atoms with E-state index in [1.165, 1.54) is 5.56 Å². The summed E-state index contributed by atoms with van der Waals surface area (Å²) in [6.45, 7) is 4.13. The van der Waals surface area contributed by atoms with E-state index in [9.17, 15) is 4.79 Å². The van der Waals surface area contributed by atoms with Gasteiger partial charge in [0.15, 0.2) is 11.8 Å². The fourth-order valence-corrected chi connectivity index (χ4v) is 3.96. The first-order chi connectivity index (χ1) is 13.0. The summed E-state index contributed by atoms with van der Waals surface area (Å²) >= 11 is 1.58. The van der Waals surface area contributed by atoms with Crippen LogP contribution in [0.25, 0.3) is 0 Å². The first kappa shape index (κ1) is 19.3. The molecule has 2 aromatic rings. The minimum atomic E-state index is -0.349. The number of hydrogen-bond acceptors (Lipinski definition) is 5. The van der Waals surface area contributed by atoms with Crippen molar-refractivity contribution in [2.75, 3.05) is 17.7 Å². The highest BCUT2D eigenvalue weighted by Gasteiger charge is 2.29. The molecule has 142 valence electrons. The SMILES string of the molecule is CCc1ccc(NC(=O)COc2cccc(C3(C)CCSC(N)=N3)c2)cc1. The average Bonchev–Trinajstić information content (AvgIpc) is 2.67. The highest BCUT2D eigenvalue weighted by Crippen LogP contribution is 2.36. The number of amidine groups is 1. The van der Waals surface area contributed by atoms with Gasteiger partial charge in [0.25, 0.3) is 5.91 Å². The van der Waals surface area contributed by atoms with Gasteiger partial charge < -0.3 is 15.8 Å². The van der Waals surface area contributed by atoms with Gasteiger partial charge >= 0.3 is 0 Å². The minimum absolute atomic E-state index is 0.0447. The number of hydrogen-bond donors (Lipinski definition) is 2. The van der Waals surface area contributed by atoms with Gasteiger partial charge in [-0.05, 0) is 55.2 Å². The van der Waals surface area contributed by atoms with Gasteiger partial charge in [0.05, 0.1) is 5.54 Å². The van der Waals surface area contributed by atoms with Crippen molar-refractivity contribution in [2.24, 2.45) is 10.7 Å². The number of nitrogens with zero attached hydrogens (tertiary/aromatic N) is 1. The monoisotopic (exact) mass is 383 g/mol. The Hall–Kier alpha value is -2.47. The molecule has 3 rings (SSSR count). The topological polar surface area (TPSA) is 76.7 Å². The van der Waals surface area contributed by atoms with Crippen molar-refractivity contribution in [2.45, 2.75) is 32.2 Å². The molecule has 0 saturated heterocycles. The van der Waals surface area contributed by atoms with Crippen LogP contribution >= 0.6 is 11.8 Å². The van der Waals surface area contributed by atoms with E-state index in [2.05, 4.69) is 24.2 Å². The summed E-state index contributed by atoms with van der Waals surface area (Å²) in [5.74, 6) is 1.40. The third-order valence-electron chi connectivity index (χ3n) is 4.67. The molecule has 0 aliphatic carbocycles. The number of carbonyl (C=O) groups excluding carboxylic acids is 1. The molecule has 1 heterocycles. The van der Waals surface area contributed by atoms with Crippen LogP contribution in [0.15, 0.2) is 53.5 Å². The number of ether oxygens (including phenoxy) is 1. The fourth-order valence-electron chi connectivity index (χ4n) is 2.99. The Balaban J connectivity index is 1.61. The van der Waals surface area contributed by atoms with Crippen molar-refractivity contribution < 1.29 is 9.53 Å². The zero-order chi connectivity index (χ0) is 19.3. The number of benzene rings is 2. The Kier molecular flexibility index (Phi) is 6.06. The third-order valence-corrected chi connectivity index (χ3v) is 5.46. The third kappa shape index (κ3) is 5.04. The zero-order valence-electron chi connectivity index (χ0n) is 15.7. The maximum atomic E-state index is 12.2. The van der Waals surface area contributed by atoms with Gasteiger partial charge in [-0.25, -0.2) is 0 Å². The van der Waals surface area contributed by atoms with Crippen LogP contribution < -0.4 is 15.8 Å². The van der Waals surface area contributed by atoms with E-state index < -0.39 is 0 Å². The molecule has 27 heavy (non-hydrogen) atoms. The molecule has 0 aromatic heterocycles. The average molecular weight is 384 g/mol. The smallest absolute Gasteiger partial charge is 0.262 e. The Labute approximate surface area is 164 Å². The predicted octanol–water partition coefficient (Wildman–Crippen LogP) is 3.93. The first-order valence-corrected chi connectivity index (χ1v) is 10.1. The molecule has 3 N–H and O–H groups in total. The number of amides is 1. The van der Waals surface area contributed by atoms with Crippen LogP contribution in [0.1, 0.15) is 31.4 Å². The van der Waals surface area contributed by atoms with E-state index in [-0.39, 0.29) is 18.1 Å². The van der Waals surface area contributed by atoms with Crippen molar-refractivity contribution in [3.05, 3.63) is 59.7 Å². The van der Waals surface area contributed by atoms with Crippen LogP contribution in [0.2, 0.25) is 0 Å². The van der Waals surface area contributed by atoms with Gasteiger partial charge in [-0.15, -0.1) is 0 Å². The van der Waals surface area contributed by atoms with E-state index >= 15 is 0 Å². The highest BCUT2D eigenvalue weighted by atomic mass is 32.2. The Morgan fingerprint density at radius 2 is 2.07 bits per heavy atom. The largest absolute Gasteiger partial charge is 0.484 e. The number of nitrogens with two attached hydrogens (primary N) is 1. The number of rotatable bonds is 6. The summed E-state index contributed by atoms with van der Waals surface area (Å²) in [4.78, 5) is 16.8. The number of anilines is 1. The normalized spacial score (nSPS) is 19.3. The minimum Gasteiger partial charge on any atom is -0.484 e. The van der Waals surface area contributed by atoms with Gasteiger partial charge in [-0.3, -0.25) is 9.79 Å². The van der Waals surface area contributed by atoms with Crippen molar-refractivity contribution in [3.63, 3.8) is 0 Å². The standard InChI is InChI=1S/C21H25N3O2S/c1-3-15-7-9-17(10-8-15)23-19(25)14-26-18-6-4-5-16(13-18)21(2)11-12-27-20(22)24-21/h4-10,13H,3,11-12,14H2,1-2H3,(H2,22,24)(H,23,25). The molecular formula is C21H25N3O2S. The van der Waals surface area contributed by atoms with Crippen LogP contribution in [-0.2, 0) is 16.8 Å². The van der Waals surface area contributed by atoms with Crippen molar-refractivity contribution in [1.29, 1.82) is 0 Å². The molecular weight excluding hydrogens is 358 g/mol. The van der Waals surface area contributed by atoms with Crippen molar-refractivity contribution in [1.82, 2.24) is 0 Å². The summed E-state index contributed by atoms with van der Waals surface area (Å²) in [6, 6.07) is 15.6. The lowest BCUT2D eigenvalue weighted by Gasteiger charge is -2.30. The van der Waals surface area contributed by atoms with E-state index in [1.54, 1.807) is 11.8 Å². The van der Waals surface area contributed by atoms with Gasteiger partial charge in [0.1, 0.15) is 5.75 Å². The summed E-state index contributed by atoms with van der Waals surface area (Å²) < 4.78 is 5.69. The van der Waals surface area contributed by atoms with Gasteiger partial charge in [0.2, 0.25) is 0 Å². The molecule has 0 fully saturated rings. The second kappa shape index (κ2) is 8.48. The van der Waals surface area contributed by atoms with Gasteiger partial charge in [-0.2, -0.15) is 0 Å². The highest BCUT2D eigenvalue weighted by molar-refractivity contribution is 8.13.